The number of sulfonamides is 1. The average Bonchev–Trinajstić information content (AvgIpc) is 3.48. The smallest absolute Gasteiger partial charge is 0.269 e. The Bertz CT molecular complexity index is 1300. The molecule has 4 rings (SSSR count). The van der Waals surface area contributed by atoms with Crippen molar-refractivity contribution < 1.29 is 22.4 Å². The van der Waals surface area contributed by atoms with Crippen LogP contribution in [0, 0.1) is 0 Å². The number of aromatic nitrogens is 3. The molecule has 0 amide bonds. The predicted octanol–water partition coefficient (Wildman–Crippen LogP) is 3.70. The number of rotatable bonds is 7. The Labute approximate surface area is 182 Å². The molecule has 11 heteroatoms. The Balaban J connectivity index is 1.70. The normalized spacial score (nSPS) is 11.3. The van der Waals surface area contributed by atoms with Gasteiger partial charge in [0, 0.05) is 31.1 Å². The van der Waals surface area contributed by atoms with Gasteiger partial charge in [-0.1, -0.05) is 5.16 Å². The molecule has 31 heavy (non-hydrogen) atoms. The van der Waals surface area contributed by atoms with Crippen LogP contribution < -0.4 is 13.8 Å². The van der Waals surface area contributed by atoms with Crippen LogP contribution in [0.15, 0.2) is 63.6 Å². The molecule has 4 aromatic rings. The lowest BCUT2D eigenvalue weighted by Crippen LogP contribution is -2.26. The number of hydrogen-bond acceptors (Lipinski definition) is 9. The summed E-state index contributed by atoms with van der Waals surface area (Å²) in [5, 5.41) is 5.63. The Morgan fingerprint density at radius 3 is 2.48 bits per heavy atom. The molecule has 1 aromatic carbocycles. The average molecular weight is 459 g/mol. The number of nitrogens with zero attached hydrogens (tertiary/aromatic N) is 4. The van der Waals surface area contributed by atoms with Crippen molar-refractivity contribution in [2.24, 2.45) is 0 Å². The highest BCUT2D eigenvalue weighted by Crippen LogP contribution is 2.37. The summed E-state index contributed by atoms with van der Waals surface area (Å²) in [5.74, 6) is 1.40. The van der Waals surface area contributed by atoms with Gasteiger partial charge in [0.1, 0.15) is 9.77 Å². The van der Waals surface area contributed by atoms with Crippen molar-refractivity contribution in [3.05, 3.63) is 54.2 Å². The first-order valence-electron chi connectivity index (χ1n) is 8.98. The number of methoxy groups -OCH3 is 2. The fraction of sp³-hybridized carbons (Fsp3) is 0.150. The first kappa shape index (κ1) is 20.8. The van der Waals surface area contributed by atoms with E-state index in [1.165, 1.54) is 43.0 Å². The van der Waals surface area contributed by atoms with Crippen molar-refractivity contribution in [2.45, 2.75) is 4.90 Å². The zero-order valence-corrected chi connectivity index (χ0v) is 18.5. The van der Waals surface area contributed by atoms with Crippen molar-refractivity contribution in [3.63, 3.8) is 0 Å². The second-order valence-electron chi connectivity index (χ2n) is 6.28. The first-order chi connectivity index (χ1) is 15.0. The Morgan fingerprint density at radius 2 is 1.77 bits per heavy atom. The highest BCUT2D eigenvalue weighted by Gasteiger charge is 2.29. The topological polar surface area (TPSA) is 108 Å². The van der Waals surface area contributed by atoms with Gasteiger partial charge >= 0.3 is 0 Å². The van der Waals surface area contributed by atoms with E-state index in [0.29, 0.717) is 33.5 Å². The number of anilines is 1. The molecule has 0 saturated heterocycles. The maximum absolute atomic E-state index is 13.4. The van der Waals surface area contributed by atoms with Gasteiger partial charge in [0.15, 0.2) is 11.5 Å². The van der Waals surface area contributed by atoms with Crippen LogP contribution in [0.2, 0.25) is 0 Å². The maximum Gasteiger partial charge on any atom is 0.269 e. The SMILES string of the molecule is COc1ccc(N(C)S(=O)(=O)c2ccsc2-c2nc(-c3ccncc3)no2)cc1OC. The molecule has 0 spiro atoms. The fourth-order valence-electron chi connectivity index (χ4n) is 2.90. The summed E-state index contributed by atoms with van der Waals surface area (Å²) in [6.45, 7) is 0. The third-order valence-corrected chi connectivity index (χ3v) is 7.42. The Hall–Kier alpha value is -3.44. The summed E-state index contributed by atoms with van der Waals surface area (Å²) >= 11 is 1.21. The van der Waals surface area contributed by atoms with E-state index in [2.05, 4.69) is 15.1 Å². The summed E-state index contributed by atoms with van der Waals surface area (Å²) in [4.78, 5) is 8.75. The van der Waals surface area contributed by atoms with E-state index in [1.807, 2.05) is 0 Å². The summed E-state index contributed by atoms with van der Waals surface area (Å²) in [5.41, 5.74) is 1.13. The Kier molecular flexibility index (Phi) is 5.61. The number of ether oxygens (including phenoxy) is 2. The van der Waals surface area contributed by atoms with Gasteiger partial charge in [-0.15, -0.1) is 11.3 Å². The second kappa shape index (κ2) is 8.36. The molecule has 9 nitrogen and oxygen atoms in total. The van der Waals surface area contributed by atoms with Crippen LogP contribution in [-0.4, -0.2) is 44.8 Å². The first-order valence-corrected chi connectivity index (χ1v) is 11.3. The molecule has 0 aliphatic carbocycles. The Morgan fingerprint density at radius 1 is 1.03 bits per heavy atom. The molecule has 160 valence electrons. The highest BCUT2D eigenvalue weighted by molar-refractivity contribution is 7.93. The monoisotopic (exact) mass is 458 g/mol. The van der Waals surface area contributed by atoms with E-state index in [-0.39, 0.29) is 10.8 Å². The summed E-state index contributed by atoms with van der Waals surface area (Å²) < 4.78 is 43.8. The second-order valence-corrected chi connectivity index (χ2v) is 9.14. The summed E-state index contributed by atoms with van der Waals surface area (Å²) in [6.07, 6.45) is 3.23. The van der Waals surface area contributed by atoms with Gasteiger partial charge in [-0.05, 0) is 35.7 Å². The third-order valence-electron chi connectivity index (χ3n) is 4.56. The molecule has 0 bridgehead atoms. The lowest BCUT2D eigenvalue weighted by atomic mass is 10.2. The lowest BCUT2D eigenvalue weighted by molar-refractivity contribution is 0.355. The number of hydrogen-bond donors (Lipinski definition) is 0. The van der Waals surface area contributed by atoms with Crippen LogP contribution in [0.25, 0.3) is 22.2 Å². The van der Waals surface area contributed by atoms with Crippen LogP contribution in [0.5, 0.6) is 11.5 Å². The zero-order chi connectivity index (χ0) is 22.0. The molecule has 0 fully saturated rings. The van der Waals surface area contributed by atoms with Crippen molar-refractivity contribution in [1.29, 1.82) is 0 Å². The lowest BCUT2D eigenvalue weighted by Gasteiger charge is -2.20. The highest BCUT2D eigenvalue weighted by atomic mass is 32.2. The molecule has 0 unspecified atom stereocenters. The number of pyridine rings is 1. The number of benzene rings is 1. The van der Waals surface area contributed by atoms with Crippen LogP contribution in [0.1, 0.15) is 0 Å². The van der Waals surface area contributed by atoms with Crippen LogP contribution in [-0.2, 0) is 10.0 Å². The molecule has 0 saturated carbocycles. The predicted molar refractivity (Wildman–Crippen MR) is 116 cm³/mol. The van der Waals surface area contributed by atoms with Crippen LogP contribution in [0.3, 0.4) is 0 Å². The minimum atomic E-state index is -3.92. The molecule has 3 aromatic heterocycles. The van der Waals surface area contributed by atoms with Gasteiger partial charge in [0.2, 0.25) is 5.82 Å². The fourth-order valence-corrected chi connectivity index (χ4v) is 5.40. The van der Waals surface area contributed by atoms with E-state index < -0.39 is 10.0 Å². The largest absolute Gasteiger partial charge is 0.493 e. The molecule has 3 heterocycles. The number of thiophene rings is 1. The zero-order valence-electron chi connectivity index (χ0n) is 16.8. The maximum atomic E-state index is 13.4. The van der Waals surface area contributed by atoms with Gasteiger partial charge in [-0.3, -0.25) is 9.29 Å². The van der Waals surface area contributed by atoms with Gasteiger partial charge < -0.3 is 14.0 Å². The van der Waals surface area contributed by atoms with E-state index >= 15 is 0 Å². The van der Waals surface area contributed by atoms with Crippen molar-refractivity contribution in [3.8, 4) is 33.7 Å². The van der Waals surface area contributed by atoms with Gasteiger partial charge in [0.25, 0.3) is 15.9 Å². The minimum Gasteiger partial charge on any atom is -0.493 e. The molecule has 0 aliphatic heterocycles. The van der Waals surface area contributed by atoms with E-state index in [0.717, 1.165) is 0 Å². The molecular weight excluding hydrogens is 440 g/mol. The van der Waals surface area contributed by atoms with Crippen molar-refractivity contribution in [2.75, 3.05) is 25.6 Å². The molecule has 0 N–H and O–H groups in total. The minimum absolute atomic E-state index is 0.0692. The van der Waals surface area contributed by atoms with Gasteiger partial charge in [-0.25, -0.2) is 8.42 Å². The van der Waals surface area contributed by atoms with Crippen LogP contribution in [0.4, 0.5) is 5.69 Å². The van der Waals surface area contributed by atoms with E-state index in [1.54, 1.807) is 48.1 Å². The quantitative estimate of drug-likeness (QED) is 0.413. The summed E-state index contributed by atoms with van der Waals surface area (Å²) in [6, 6.07) is 9.88. The van der Waals surface area contributed by atoms with E-state index in [4.69, 9.17) is 14.0 Å². The molecule has 0 aliphatic rings. The van der Waals surface area contributed by atoms with Gasteiger partial charge in [0.05, 0.1) is 19.9 Å². The van der Waals surface area contributed by atoms with Crippen molar-refractivity contribution >= 4 is 27.0 Å². The van der Waals surface area contributed by atoms with Crippen molar-refractivity contribution in [1.82, 2.24) is 15.1 Å². The molecule has 0 radical (unpaired) electrons. The molecular formula is C20H18N4O5S2. The standard InChI is InChI=1S/C20H18N4O5S2/c1-24(14-4-5-15(27-2)16(12-14)28-3)31(25,26)17-8-11-30-18(17)20-22-19(23-29-20)13-6-9-21-10-7-13/h4-12H,1-3H3. The van der Waals surface area contributed by atoms with Gasteiger partial charge in [-0.2, -0.15) is 4.98 Å². The van der Waals surface area contributed by atoms with Crippen LogP contribution >= 0.6 is 11.3 Å². The third kappa shape index (κ3) is 3.84. The molecule has 0 atom stereocenters. The van der Waals surface area contributed by atoms with E-state index in [9.17, 15) is 8.42 Å². The summed E-state index contributed by atoms with van der Waals surface area (Å²) in [7, 11) is 0.552.